The van der Waals surface area contributed by atoms with Crippen molar-refractivity contribution in [2.45, 2.75) is 25.8 Å². The Kier molecular flexibility index (Phi) is 5.92. The number of nitrogens with one attached hydrogen (secondary N) is 1. The van der Waals surface area contributed by atoms with E-state index in [1.165, 1.54) is 0 Å². The van der Waals surface area contributed by atoms with Gasteiger partial charge in [-0.2, -0.15) is 0 Å². The van der Waals surface area contributed by atoms with Crippen LogP contribution in [0.25, 0.3) is 0 Å². The Bertz CT molecular complexity index is 601. The summed E-state index contributed by atoms with van der Waals surface area (Å²) in [6, 6.07) is 19.5. The van der Waals surface area contributed by atoms with Crippen molar-refractivity contribution in [1.82, 2.24) is 5.32 Å². The maximum atomic E-state index is 12.3. The minimum absolute atomic E-state index is 0.0872. The van der Waals surface area contributed by atoms with E-state index in [1.807, 2.05) is 60.7 Å². The first-order valence-corrected chi connectivity index (χ1v) is 7.76. The highest BCUT2D eigenvalue weighted by Gasteiger charge is 2.17. The van der Waals surface area contributed by atoms with Crippen molar-refractivity contribution in [3.63, 3.8) is 0 Å². The fourth-order valence-electron chi connectivity index (χ4n) is 2.37. The SMILES string of the molecule is CC(CCC(=O)NC(c1ccccc1)c1ccccc1)C(N)=O. The molecule has 0 saturated carbocycles. The van der Waals surface area contributed by atoms with Gasteiger partial charge in [-0.1, -0.05) is 67.6 Å². The average Bonchev–Trinajstić information content (AvgIpc) is 2.59. The number of carbonyl (C=O) groups excluding carboxylic acids is 2. The molecule has 0 aliphatic heterocycles. The standard InChI is InChI=1S/C19H22N2O2/c1-14(19(20)23)12-13-17(22)21-18(15-8-4-2-5-9-15)16-10-6-3-7-11-16/h2-11,14,18H,12-13H2,1H3,(H2,20,23)(H,21,22). The van der Waals surface area contributed by atoms with E-state index in [2.05, 4.69) is 5.32 Å². The second-order valence-electron chi connectivity index (χ2n) is 5.66. The first-order valence-electron chi connectivity index (χ1n) is 7.76. The summed E-state index contributed by atoms with van der Waals surface area (Å²) in [5.41, 5.74) is 7.28. The van der Waals surface area contributed by atoms with Gasteiger partial charge in [0.25, 0.3) is 0 Å². The van der Waals surface area contributed by atoms with Crippen molar-refractivity contribution in [2.75, 3.05) is 0 Å². The van der Waals surface area contributed by atoms with Crippen LogP contribution in [0.15, 0.2) is 60.7 Å². The van der Waals surface area contributed by atoms with Gasteiger partial charge in [0.1, 0.15) is 0 Å². The van der Waals surface area contributed by atoms with Crippen LogP contribution in [0.4, 0.5) is 0 Å². The smallest absolute Gasteiger partial charge is 0.220 e. The van der Waals surface area contributed by atoms with Crippen molar-refractivity contribution >= 4 is 11.8 Å². The van der Waals surface area contributed by atoms with Crippen molar-refractivity contribution in [1.29, 1.82) is 0 Å². The Morgan fingerprint density at radius 3 is 1.87 bits per heavy atom. The molecule has 1 unspecified atom stereocenters. The van der Waals surface area contributed by atoms with Crippen molar-refractivity contribution in [3.05, 3.63) is 71.8 Å². The lowest BCUT2D eigenvalue weighted by Crippen LogP contribution is -2.30. The second-order valence-corrected chi connectivity index (χ2v) is 5.66. The number of carbonyl (C=O) groups is 2. The average molecular weight is 310 g/mol. The second kappa shape index (κ2) is 8.13. The van der Waals surface area contributed by atoms with E-state index in [0.29, 0.717) is 6.42 Å². The highest BCUT2D eigenvalue weighted by molar-refractivity contribution is 5.79. The molecule has 1 atom stereocenters. The number of benzene rings is 2. The van der Waals surface area contributed by atoms with Crippen LogP contribution in [0, 0.1) is 5.92 Å². The summed E-state index contributed by atoms with van der Waals surface area (Å²) in [6.45, 7) is 1.74. The van der Waals surface area contributed by atoms with E-state index >= 15 is 0 Å². The lowest BCUT2D eigenvalue weighted by atomic mass is 9.98. The van der Waals surface area contributed by atoms with Crippen LogP contribution in [-0.4, -0.2) is 11.8 Å². The van der Waals surface area contributed by atoms with Crippen LogP contribution >= 0.6 is 0 Å². The lowest BCUT2D eigenvalue weighted by molar-refractivity contribution is -0.123. The number of rotatable bonds is 7. The normalized spacial score (nSPS) is 11.9. The van der Waals surface area contributed by atoms with Crippen LogP contribution < -0.4 is 11.1 Å². The summed E-state index contributed by atoms with van der Waals surface area (Å²) in [4.78, 5) is 23.3. The predicted molar refractivity (Wildman–Crippen MR) is 90.5 cm³/mol. The van der Waals surface area contributed by atoms with E-state index in [9.17, 15) is 9.59 Å². The van der Waals surface area contributed by atoms with E-state index in [-0.39, 0.29) is 30.2 Å². The van der Waals surface area contributed by atoms with Gasteiger partial charge >= 0.3 is 0 Å². The molecule has 0 aliphatic rings. The molecule has 0 saturated heterocycles. The zero-order valence-electron chi connectivity index (χ0n) is 13.2. The van der Waals surface area contributed by atoms with E-state index in [0.717, 1.165) is 11.1 Å². The Morgan fingerprint density at radius 2 is 1.43 bits per heavy atom. The molecular formula is C19H22N2O2. The van der Waals surface area contributed by atoms with Crippen LogP contribution in [-0.2, 0) is 9.59 Å². The van der Waals surface area contributed by atoms with Gasteiger partial charge in [0.05, 0.1) is 6.04 Å². The Morgan fingerprint density at radius 1 is 0.957 bits per heavy atom. The van der Waals surface area contributed by atoms with Gasteiger partial charge in [-0.3, -0.25) is 9.59 Å². The summed E-state index contributed by atoms with van der Waals surface area (Å²) >= 11 is 0. The molecule has 2 amide bonds. The van der Waals surface area contributed by atoms with Crippen LogP contribution in [0.5, 0.6) is 0 Å². The third-order valence-corrected chi connectivity index (χ3v) is 3.86. The third kappa shape index (κ3) is 4.95. The minimum atomic E-state index is -0.375. The topological polar surface area (TPSA) is 72.2 Å². The number of hydrogen-bond donors (Lipinski definition) is 2. The van der Waals surface area contributed by atoms with E-state index in [1.54, 1.807) is 6.92 Å². The van der Waals surface area contributed by atoms with Gasteiger partial charge in [0.15, 0.2) is 0 Å². The Balaban J connectivity index is 2.10. The number of amides is 2. The molecule has 0 bridgehead atoms. The summed E-state index contributed by atoms with van der Waals surface area (Å²) in [5.74, 6) is -0.760. The minimum Gasteiger partial charge on any atom is -0.369 e. The van der Waals surface area contributed by atoms with Gasteiger partial charge < -0.3 is 11.1 Å². The summed E-state index contributed by atoms with van der Waals surface area (Å²) < 4.78 is 0. The predicted octanol–water partition coefficient (Wildman–Crippen LogP) is 2.79. The lowest BCUT2D eigenvalue weighted by Gasteiger charge is -2.20. The maximum absolute atomic E-state index is 12.3. The molecule has 0 fully saturated rings. The molecule has 2 rings (SSSR count). The van der Waals surface area contributed by atoms with Crippen molar-refractivity contribution in [3.8, 4) is 0 Å². The molecule has 0 aliphatic carbocycles. The molecule has 2 aromatic carbocycles. The first kappa shape index (κ1) is 16.7. The molecule has 3 N–H and O–H groups in total. The van der Waals surface area contributed by atoms with Gasteiger partial charge in [0, 0.05) is 12.3 Å². The largest absolute Gasteiger partial charge is 0.369 e. The molecule has 4 nitrogen and oxygen atoms in total. The van der Waals surface area contributed by atoms with Gasteiger partial charge in [0.2, 0.25) is 11.8 Å². The fourth-order valence-corrected chi connectivity index (χ4v) is 2.37. The fraction of sp³-hybridized carbons (Fsp3) is 0.263. The van der Waals surface area contributed by atoms with Gasteiger partial charge in [-0.15, -0.1) is 0 Å². The first-order chi connectivity index (χ1) is 11.1. The number of primary amides is 1. The van der Waals surface area contributed by atoms with E-state index < -0.39 is 0 Å². The molecule has 0 radical (unpaired) electrons. The zero-order valence-corrected chi connectivity index (χ0v) is 13.2. The molecule has 120 valence electrons. The monoisotopic (exact) mass is 310 g/mol. The highest BCUT2D eigenvalue weighted by Crippen LogP contribution is 2.22. The van der Waals surface area contributed by atoms with Crippen LogP contribution in [0.3, 0.4) is 0 Å². The number of hydrogen-bond acceptors (Lipinski definition) is 2. The molecule has 23 heavy (non-hydrogen) atoms. The summed E-state index contributed by atoms with van der Waals surface area (Å²) in [5, 5.41) is 3.05. The molecule has 0 heterocycles. The zero-order chi connectivity index (χ0) is 16.7. The molecule has 0 aromatic heterocycles. The van der Waals surface area contributed by atoms with Crippen LogP contribution in [0.2, 0.25) is 0 Å². The maximum Gasteiger partial charge on any atom is 0.220 e. The molecular weight excluding hydrogens is 288 g/mol. The summed E-state index contributed by atoms with van der Waals surface area (Å²) in [7, 11) is 0. The van der Waals surface area contributed by atoms with Gasteiger partial charge in [-0.25, -0.2) is 0 Å². The molecule has 0 spiro atoms. The highest BCUT2D eigenvalue weighted by atomic mass is 16.2. The van der Waals surface area contributed by atoms with E-state index in [4.69, 9.17) is 5.73 Å². The molecule has 4 heteroatoms. The van der Waals surface area contributed by atoms with Crippen molar-refractivity contribution < 1.29 is 9.59 Å². The number of nitrogens with two attached hydrogens (primary N) is 1. The quantitative estimate of drug-likeness (QED) is 0.825. The van der Waals surface area contributed by atoms with Gasteiger partial charge in [-0.05, 0) is 17.5 Å². The van der Waals surface area contributed by atoms with Crippen LogP contribution in [0.1, 0.15) is 36.9 Å². The third-order valence-electron chi connectivity index (χ3n) is 3.86. The van der Waals surface area contributed by atoms with Crippen molar-refractivity contribution in [2.24, 2.45) is 11.7 Å². The molecule has 2 aromatic rings. The Labute approximate surface area is 136 Å². The summed E-state index contributed by atoms with van der Waals surface area (Å²) in [6.07, 6.45) is 0.734. The Hall–Kier alpha value is -2.62.